The van der Waals surface area contributed by atoms with E-state index in [-0.39, 0.29) is 11.4 Å². The highest BCUT2D eigenvalue weighted by Crippen LogP contribution is 2.18. The van der Waals surface area contributed by atoms with Gasteiger partial charge in [-0.15, -0.1) is 0 Å². The first kappa shape index (κ1) is 11.3. The summed E-state index contributed by atoms with van der Waals surface area (Å²) in [5.41, 5.74) is 5.34. The lowest BCUT2D eigenvalue weighted by molar-refractivity contribution is -0.132. The fourth-order valence-electron chi connectivity index (χ4n) is 0.890. The van der Waals surface area contributed by atoms with Crippen molar-refractivity contribution in [3.05, 3.63) is 11.8 Å². The molecule has 4 N–H and O–H groups in total. The van der Waals surface area contributed by atoms with Crippen LogP contribution in [0.2, 0.25) is 0 Å². The summed E-state index contributed by atoms with van der Waals surface area (Å²) in [5, 5.41) is 7.85. The van der Waals surface area contributed by atoms with Crippen LogP contribution in [0.4, 0.5) is 19.0 Å². The summed E-state index contributed by atoms with van der Waals surface area (Å²) >= 11 is 0. The van der Waals surface area contributed by atoms with Crippen molar-refractivity contribution in [2.24, 2.45) is 0 Å². The maximum Gasteiger partial charge on any atom is 0.390 e. The van der Waals surface area contributed by atoms with E-state index >= 15 is 0 Å². The molecule has 0 aliphatic heterocycles. The Balaban J connectivity index is 2.41. The molecule has 0 atom stereocenters. The Kier molecular flexibility index (Phi) is 3.17. The van der Waals surface area contributed by atoms with Crippen molar-refractivity contribution in [2.75, 3.05) is 12.3 Å². The zero-order chi connectivity index (χ0) is 11.5. The smallest absolute Gasteiger partial charge is 0.383 e. The van der Waals surface area contributed by atoms with Crippen LogP contribution in [0.1, 0.15) is 16.8 Å². The zero-order valence-corrected chi connectivity index (χ0v) is 7.56. The summed E-state index contributed by atoms with van der Waals surface area (Å²) in [6.07, 6.45) is -4.20. The van der Waals surface area contributed by atoms with Gasteiger partial charge in [-0.2, -0.15) is 18.3 Å². The number of halogens is 3. The van der Waals surface area contributed by atoms with E-state index < -0.39 is 25.0 Å². The molecule has 8 heteroatoms. The summed E-state index contributed by atoms with van der Waals surface area (Å²) in [4.78, 5) is 11.2. The lowest BCUT2D eigenvalue weighted by Crippen LogP contribution is -2.28. The van der Waals surface area contributed by atoms with E-state index in [1.165, 1.54) is 0 Å². The average Bonchev–Trinajstić information content (AvgIpc) is 2.48. The average molecular weight is 222 g/mol. The minimum absolute atomic E-state index is 0.0273. The summed E-state index contributed by atoms with van der Waals surface area (Å²) in [6, 6.07) is 0. The Morgan fingerprint density at radius 1 is 1.60 bits per heavy atom. The molecule has 1 heterocycles. The van der Waals surface area contributed by atoms with Crippen LogP contribution in [0.5, 0.6) is 0 Å². The van der Waals surface area contributed by atoms with Gasteiger partial charge in [0.2, 0.25) is 0 Å². The van der Waals surface area contributed by atoms with Crippen molar-refractivity contribution in [3.63, 3.8) is 0 Å². The number of hydrogen-bond acceptors (Lipinski definition) is 3. The number of H-pyrrole nitrogens is 1. The number of aromatic nitrogens is 2. The predicted octanol–water partition coefficient (Wildman–Crippen LogP) is 0.674. The third-order valence-electron chi connectivity index (χ3n) is 1.61. The summed E-state index contributed by atoms with van der Waals surface area (Å²) in [6.45, 7) is -0.479. The normalized spacial score (nSPS) is 11.4. The molecule has 0 spiro atoms. The number of alkyl halides is 3. The third-order valence-corrected chi connectivity index (χ3v) is 1.61. The van der Waals surface area contributed by atoms with Crippen LogP contribution in [0, 0.1) is 0 Å². The second-order valence-electron chi connectivity index (χ2n) is 2.82. The van der Waals surface area contributed by atoms with E-state index in [1.807, 2.05) is 0 Å². The molecule has 0 aliphatic rings. The quantitative estimate of drug-likeness (QED) is 0.702. The van der Waals surface area contributed by atoms with Crippen LogP contribution < -0.4 is 11.1 Å². The summed E-state index contributed by atoms with van der Waals surface area (Å²) in [7, 11) is 0. The van der Waals surface area contributed by atoms with Gasteiger partial charge in [-0.3, -0.25) is 9.89 Å². The number of nitrogens with two attached hydrogens (primary N) is 1. The number of nitrogens with one attached hydrogen (secondary N) is 2. The monoisotopic (exact) mass is 222 g/mol. The van der Waals surface area contributed by atoms with Crippen LogP contribution >= 0.6 is 0 Å². The van der Waals surface area contributed by atoms with Gasteiger partial charge in [0.05, 0.1) is 12.6 Å². The molecule has 0 unspecified atom stereocenters. The first-order chi connectivity index (χ1) is 6.90. The second-order valence-corrected chi connectivity index (χ2v) is 2.82. The topological polar surface area (TPSA) is 83.8 Å². The van der Waals surface area contributed by atoms with Crippen LogP contribution in [0.25, 0.3) is 0 Å². The SMILES string of the molecule is Nc1[nH]ncc1C(=O)NCCC(F)(F)F. The number of rotatable bonds is 3. The predicted molar refractivity (Wildman–Crippen MR) is 46.0 cm³/mol. The number of anilines is 1. The van der Waals surface area contributed by atoms with E-state index in [1.54, 1.807) is 0 Å². The summed E-state index contributed by atoms with van der Waals surface area (Å²) in [5.74, 6) is -0.648. The maximum absolute atomic E-state index is 11.7. The number of nitrogens with zero attached hydrogens (tertiary/aromatic N) is 1. The minimum Gasteiger partial charge on any atom is -0.383 e. The van der Waals surface area contributed by atoms with E-state index in [0.717, 1.165) is 6.20 Å². The molecule has 15 heavy (non-hydrogen) atoms. The highest BCUT2D eigenvalue weighted by Gasteiger charge is 2.26. The Labute approximate surface area is 82.8 Å². The van der Waals surface area contributed by atoms with Gasteiger partial charge in [0.25, 0.3) is 5.91 Å². The Morgan fingerprint density at radius 2 is 2.27 bits per heavy atom. The molecule has 0 radical (unpaired) electrons. The van der Waals surface area contributed by atoms with Crippen LogP contribution in [-0.4, -0.2) is 28.8 Å². The molecular weight excluding hydrogens is 213 g/mol. The molecule has 84 valence electrons. The molecule has 0 bridgehead atoms. The highest BCUT2D eigenvalue weighted by atomic mass is 19.4. The molecule has 0 saturated carbocycles. The van der Waals surface area contributed by atoms with Gasteiger partial charge in [0.1, 0.15) is 11.4 Å². The van der Waals surface area contributed by atoms with Crippen molar-refractivity contribution >= 4 is 11.7 Å². The molecular formula is C7H9F3N4O. The number of carbonyl (C=O) groups is 1. The van der Waals surface area contributed by atoms with E-state index in [0.29, 0.717) is 0 Å². The van der Waals surface area contributed by atoms with Crippen LogP contribution in [-0.2, 0) is 0 Å². The first-order valence-corrected chi connectivity index (χ1v) is 4.04. The van der Waals surface area contributed by atoms with Crippen molar-refractivity contribution in [1.82, 2.24) is 15.5 Å². The number of nitrogen functional groups attached to an aromatic ring is 1. The van der Waals surface area contributed by atoms with Gasteiger partial charge >= 0.3 is 6.18 Å². The largest absolute Gasteiger partial charge is 0.390 e. The third kappa shape index (κ3) is 3.49. The molecule has 1 aromatic heterocycles. The lowest BCUT2D eigenvalue weighted by atomic mass is 10.3. The maximum atomic E-state index is 11.7. The van der Waals surface area contributed by atoms with Crippen molar-refractivity contribution in [2.45, 2.75) is 12.6 Å². The number of aromatic amines is 1. The zero-order valence-electron chi connectivity index (χ0n) is 7.56. The Hall–Kier alpha value is -1.73. The van der Waals surface area contributed by atoms with Gasteiger partial charge in [-0.05, 0) is 0 Å². The van der Waals surface area contributed by atoms with Gasteiger partial charge in [0.15, 0.2) is 0 Å². The van der Waals surface area contributed by atoms with Gasteiger partial charge in [-0.25, -0.2) is 0 Å². The van der Waals surface area contributed by atoms with E-state index in [4.69, 9.17) is 5.73 Å². The molecule has 1 aromatic rings. The number of hydrogen-bond donors (Lipinski definition) is 3. The fourth-order valence-corrected chi connectivity index (χ4v) is 0.890. The summed E-state index contributed by atoms with van der Waals surface area (Å²) < 4.78 is 35.2. The molecule has 0 aliphatic carbocycles. The van der Waals surface area contributed by atoms with Crippen LogP contribution in [0.3, 0.4) is 0 Å². The molecule has 0 saturated heterocycles. The van der Waals surface area contributed by atoms with Gasteiger partial charge < -0.3 is 11.1 Å². The Morgan fingerprint density at radius 3 is 2.73 bits per heavy atom. The van der Waals surface area contributed by atoms with E-state index in [9.17, 15) is 18.0 Å². The fraction of sp³-hybridized carbons (Fsp3) is 0.429. The molecule has 0 fully saturated rings. The Bertz CT molecular complexity index is 346. The number of amides is 1. The molecule has 1 rings (SSSR count). The minimum atomic E-state index is -4.28. The van der Waals surface area contributed by atoms with Crippen molar-refractivity contribution in [3.8, 4) is 0 Å². The number of carbonyl (C=O) groups excluding carboxylic acids is 1. The lowest BCUT2D eigenvalue weighted by Gasteiger charge is -2.06. The molecule has 0 aromatic carbocycles. The van der Waals surface area contributed by atoms with Gasteiger partial charge in [-0.1, -0.05) is 0 Å². The second kappa shape index (κ2) is 4.20. The van der Waals surface area contributed by atoms with E-state index in [2.05, 4.69) is 15.5 Å². The van der Waals surface area contributed by atoms with Crippen LogP contribution in [0.15, 0.2) is 6.20 Å². The van der Waals surface area contributed by atoms with Crippen molar-refractivity contribution in [1.29, 1.82) is 0 Å². The first-order valence-electron chi connectivity index (χ1n) is 4.04. The highest BCUT2D eigenvalue weighted by molar-refractivity contribution is 5.97. The molecule has 1 amide bonds. The van der Waals surface area contributed by atoms with Crippen molar-refractivity contribution < 1.29 is 18.0 Å². The standard InChI is InChI=1S/C7H9F3N4O/c8-7(9,10)1-2-12-6(15)4-3-13-14-5(4)11/h3H,1-2H2,(H,12,15)(H3,11,13,14). The molecule has 5 nitrogen and oxygen atoms in total. The van der Waals surface area contributed by atoms with Gasteiger partial charge in [0, 0.05) is 6.54 Å².